The number of anilines is 2. The van der Waals surface area contributed by atoms with Gasteiger partial charge in [0, 0.05) is 26.0 Å². The van der Waals surface area contributed by atoms with Crippen molar-refractivity contribution >= 4 is 23.2 Å². The van der Waals surface area contributed by atoms with Gasteiger partial charge in [-0.15, -0.1) is 0 Å². The van der Waals surface area contributed by atoms with Gasteiger partial charge in [0.15, 0.2) is 0 Å². The minimum absolute atomic E-state index is 0.696. The summed E-state index contributed by atoms with van der Waals surface area (Å²) in [6.07, 6.45) is 3.00. The van der Waals surface area contributed by atoms with Gasteiger partial charge in [-0.25, -0.2) is 4.98 Å². The molecule has 1 aromatic heterocycles. The topological polar surface area (TPSA) is 39.1 Å². The molecular weight excluding hydrogens is 286 g/mol. The Hall–Kier alpha value is -1.52. The molecule has 0 spiro atoms. The van der Waals surface area contributed by atoms with Gasteiger partial charge in [0.05, 0.1) is 16.4 Å². The number of halogens is 1. The second-order valence-corrected chi connectivity index (χ2v) is 5.47. The minimum atomic E-state index is 0.696. The minimum Gasteiger partial charge on any atom is -0.382 e. The Morgan fingerprint density at radius 3 is 2.90 bits per heavy atom. The van der Waals surface area contributed by atoms with E-state index < -0.39 is 0 Å². The number of nitrogens with one attached hydrogen (secondary N) is 1. The molecule has 0 saturated heterocycles. The highest BCUT2D eigenvalue weighted by Crippen LogP contribution is 2.26. The third-order valence-corrected chi connectivity index (χ3v) is 3.49. The molecule has 0 unspecified atom stereocenters. The van der Waals surface area contributed by atoms with Crippen LogP contribution in [0.15, 0.2) is 24.4 Å². The van der Waals surface area contributed by atoms with Crippen LogP contribution in [0.4, 0.5) is 11.6 Å². The molecule has 0 aliphatic carbocycles. The number of ether oxygens (including phenoxy) is 1. The third kappa shape index (κ3) is 4.48. The Bertz CT molecular complexity index is 595. The summed E-state index contributed by atoms with van der Waals surface area (Å²) in [5, 5.41) is 4.02. The van der Waals surface area contributed by atoms with Crippen LogP contribution in [0, 0.1) is 13.8 Å². The quantitative estimate of drug-likeness (QED) is 0.774. The average Bonchev–Trinajstić information content (AvgIpc) is 2.79. The van der Waals surface area contributed by atoms with E-state index in [1.165, 1.54) is 0 Å². The average molecular weight is 308 g/mol. The summed E-state index contributed by atoms with van der Waals surface area (Å²) in [6.45, 7) is 8.43. The zero-order valence-corrected chi connectivity index (χ0v) is 13.6. The lowest BCUT2D eigenvalue weighted by atomic mass is 10.2. The van der Waals surface area contributed by atoms with Gasteiger partial charge >= 0.3 is 0 Å². The van der Waals surface area contributed by atoms with Crippen LogP contribution in [0.1, 0.15) is 24.6 Å². The molecule has 1 heterocycles. The lowest BCUT2D eigenvalue weighted by Crippen LogP contribution is -2.06. The Kier molecular flexibility index (Phi) is 5.65. The monoisotopic (exact) mass is 307 g/mol. The van der Waals surface area contributed by atoms with Crippen molar-refractivity contribution in [3.8, 4) is 0 Å². The van der Waals surface area contributed by atoms with Crippen LogP contribution in [0.25, 0.3) is 0 Å². The second kappa shape index (κ2) is 7.48. The number of rotatable bonds is 7. The third-order valence-electron chi connectivity index (χ3n) is 3.16. The SMILES string of the molecule is CCOCCCn1cc(C)nc1Nc1cc(C)ccc1Cl. The Balaban J connectivity index is 2.10. The van der Waals surface area contributed by atoms with Crippen LogP contribution < -0.4 is 5.32 Å². The van der Waals surface area contributed by atoms with Crippen molar-refractivity contribution < 1.29 is 4.74 Å². The van der Waals surface area contributed by atoms with Gasteiger partial charge in [-0.2, -0.15) is 0 Å². The zero-order valence-electron chi connectivity index (χ0n) is 12.8. The highest BCUT2D eigenvalue weighted by atomic mass is 35.5. The Morgan fingerprint density at radius 1 is 1.33 bits per heavy atom. The van der Waals surface area contributed by atoms with Gasteiger partial charge in [-0.1, -0.05) is 17.7 Å². The summed E-state index contributed by atoms with van der Waals surface area (Å²) in [5.41, 5.74) is 3.03. The highest BCUT2D eigenvalue weighted by Gasteiger charge is 2.08. The molecule has 114 valence electrons. The van der Waals surface area contributed by atoms with Crippen molar-refractivity contribution in [3.05, 3.63) is 40.7 Å². The summed E-state index contributed by atoms with van der Waals surface area (Å²) < 4.78 is 7.48. The Labute approximate surface area is 131 Å². The van der Waals surface area contributed by atoms with Crippen LogP contribution in [-0.4, -0.2) is 22.8 Å². The van der Waals surface area contributed by atoms with Crippen LogP contribution in [0.3, 0.4) is 0 Å². The van der Waals surface area contributed by atoms with Crippen LogP contribution in [0.2, 0.25) is 5.02 Å². The van der Waals surface area contributed by atoms with Gasteiger partial charge in [0.1, 0.15) is 0 Å². The van der Waals surface area contributed by atoms with Crippen molar-refractivity contribution in [1.29, 1.82) is 0 Å². The summed E-state index contributed by atoms with van der Waals surface area (Å²) in [7, 11) is 0. The van der Waals surface area contributed by atoms with E-state index in [-0.39, 0.29) is 0 Å². The molecule has 21 heavy (non-hydrogen) atoms. The molecular formula is C16H22ClN3O. The van der Waals surface area contributed by atoms with E-state index in [1.54, 1.807) is 0 Å². The number of hydrogen-bond donors (Lipinski definition) is 1. The molecule has 2 aromatic rings. The van der Waals surface area contributed by atoms with Crippen LogP contribution in [-0.2, 0) is 11.3 Å². The van der Waals surface area contributed by atoms with Crippen molar-refractivity contribution in [2.24, 2.45) is 0 Å². The van der Waals surface area contributed by atoms with Gasteiger partial charge in [-0.05, 0) is 44.9 Å². The molecule has 0 aliphatic heterocycles. The molecule has 2 rings (SSSR count). The van der Waals surface area contributed by atoms with Crippen LogP contribution >= 0.6 is 11.6 Å². The molecule has 0 atom stereocenters. The molecule has 5 heteroatoms. The summed E-state index contributed by atoms with van der Waals surface area (Å²) in [6, 6.07) is 5.92. The number of aryl methyl sites for hydroxylation is 3. The maximum absolute atomic E-state index is 6.23. The molecule has 0 amide bonds. The van der Waals surface area contributed by atoms with E-state index in [9.17, 15) is 0 Å². The van der Waals surface area contributed by atoms with E-state index in [2.05, 4.69) is 14.9 Å². The van der Waals surface area contributed by atoms with E-state index in [0.717, 1.165) is 49.1 Å². The highest BCUT2D eigenvalue weighted by molar-refractivity contribution is 6.33. The molecule has 4 nitrogen and oxygen atoms in total. The second-order valence-electron chi connectivity index (χ2n) is 5.06. The molecule has 0 bridgehead atoms. The number of nitrogens with zero attached hydrogens (tertiary/aromatic N) is 2. The standard InChI is InChI=1S/C16H22ClN3O/c1-4-21-9-5-8-20-11-13(3)18-16(20)19-15-10-12(2)6-7-14(15)17/h6-7,10-11H,4-5,8-9H2,1-3H3,(H,18,19). The smallest absolute Gasteiger partial charge is 0.207 e. The van der Waals surface area contributed by atoms with E-state index in [1.807, 2.05) is 45.2 Å². The summed E-state index contributed by atoms with van der Waals surface area (Å²) >= 11 is 6.23. The summed E-state index contributed by atoms with van der Waals surface area (Å²) in [5.74, 6) is 0.816. The fourth-order valence-electron chi connectivity index (χ4n) is 2.15. The summed E-state index contributed by atoms with van der Waals surface area (Å²) in [4.78, 5) is 4.53. The first kappa shape index (κ1) is 15.9. The molecule has 0 saturated carbocycles. The molecule has 0 radical (unpaired) electrons. The first-order valence-electron chi connectivity index (χ1n) is 7.25. The van der Waals surface area contributed by atoms with Crippen molar-refractivity contribution in [3.63, 3.8) is 0 Å². The van der Waals surface area contributed by atoms with Crippen LogP contribution in [0.5, 0.6) is 0 Å². The first-order valence-corrected chi connectivity index (χ1v) is 7.62. The van der Waals surface area contributed by atoms with E-state index in [0.29, 0.717) is 5.02 Å². The molecule has 0 fully saturated rings. The maximum atomic E-state index is 6.23. The first-order chi connectivity index (χ1) is 10.1. The van der Waals surface area contributed by atoms with Gasteiger partial charge in [0.25, 0.3) is 0 Å². The van der Waals surface area contributed by atoms with Crippen molar-refractivity contribution in [2.45, 2.75) is 33.7 Å². The Morgan fingerprint density at radius 2 is 2.14 bits per heavy atom. The van der Waals surface area contributed by atoms with Gasteiger partial charge < -0.3 is 14.6 Å². The molecule has 0 aliphatic rings. The van der Waals surface area contributed by atoms with Crippen molar-refractivity contribution in [2.75, 3.05) is 18.5 Å². The van der Waals surface area contributed by atoms with Gasteiger partial charge in [0.2, 0.25) is 5.95 Å². The van der Waals surface area contributed by atoms with E-state index in [4.69, 9.17) is 16.3 Å². The zero-order chi connectivity index (χ0) is 15.2. The normalized spacial score (nSPS) is 10.9. The fraction of sp³-hybridized carbons (Fsp3) is 0.438. The molecule has 1 aromatic carbocycles. The van der Waals surface area contributed by atoms with Gasteiger partial charge in [-0.3, -0.25) is 0 Å². The lowest BCUT2D eigenvalue weighted by molar-refractivity contribution is 0.142. The van der Waals surface area contributed by atoms with E-state index >= 15 is 0 Å². The molecule has 1 N–H and O–H groups in total. The number of imidazole rings is 1. The maximum Gasteiger partial charge on any atom is 0.207 e. The predicted molar refractivity (Wildman–Crippen MR) is 87.5 cm³/mol. The number of aromatic nitrogens is 2. The number of hydrogen-bond acceptors (Lipinski definition) is 3. The predicted octanol–water partition coefficient (Wildman–Crippen LogP) is 4.32. The number of benzene rings is 1. The van der Waals surface area contributed by atoms with Crippen molar-refractivity contribution in [1.82, 2.24) is 9.55 Å². The largest absolute Gasteiger partial charge is 0.382 e. The fourth-order valence-corrected chi connectivity index (χ4v) is 2.32. The lowest BCUT2D eigenvalue weighted by Gasteiger charge is -2.11.